The van der Waals surface area contributed by atoms with E-state index >= 15 is 0 Å². The molecule has 5 heteroatoms. The summed E-state index contributed by atoms with van der Waals surface area (Å²) in [6.45, 7) is 0.410. The zero-order chi connectivity index (χ0) is 15.1. The molecule has 2 rings (SSSR count). The summed E-state index contributed by atoms with van der Waals surface area (Å²) < 4.78 is 21.0. The van der Waals surface area contributed by atoms with Gasteiger partial charge >= 0.3 is 0 Å². The van der Waals surface area contributed by atoms with Gasteiger partial charge in [0.25, 0.3) is 0 Å². The lowest BCUT2D eigenvalue weighted by molar-refractivity contribution is 0.305. The molecule has 0 unspecified atom stereocenters. The molecule has 1 heterocycles. The Balaban J connectivity index is 1.97. The number of ether oxygens (including phenoxy) is 1. The van der Waals surface area contributed by atoms with Crippen LogP contribution in [0.4, 0.5) is 4.39 Å². The maximum Gasteiger partial charge on any atom is 0.128 e. The van der Waals surface area contributed by atoms with Gasteiger partial charge < -0.3 is 14.4 Å². The molecule has 0 saturated carbocycles. The van der Waals surface area contributed by atoms with Crippen molar-refractivity contribution in [1.82, 2.24) is 9.55 Å². The molecule has 21 heavy (non-hydrogen) atoms. The number of aliphatic hydroxyl groups is 1. The van der Waals surface area contributed by atoms with Crippen molar-refractivity contribution < 1.29 is 14.2 Å². The Morgan fingerprint density at radius 1 is 1.38 bits per heavy atom. The highest BCUT2D eigenvalue weighted by atomic mass is 19.1. The third-order valence-electron chi connectivity index (χ3n) is 2.86. The lowest BCUT2D eigenvalue weighted by atomic mass is 10.2. The third kappa shape index (κ3) is 4.62. The Labute approximate surface area is 123 Å². The van der Waals surface area contributed by atoms with E-state index in [9.17, 15) is 4.39 Å². The van der Waals surface area contributed by atoms with E-state index in [1.54, 1.807) is 12.3 Å². The lowest BCUT2D eigenvalue weighted by Crippen LogP contribution is -2.06. The Morgan fingerprint density at radius 3 is 2.95 bits per heavy atom. The van der Waals surface area contributed by atoms with Crippen molar-refractivity contribution in [3.8, 4) is 17.6 Å². The van der Waals surface area contributed by atoms with Gasteiger partial charge in [-0.2, -0.15) is 0 Å². The van der Waals surface area contributed by atoms with Crippen molar-refractivity contribution in [3.05, 3.63) is 47.8 Å². The van der Waals surface area contributed by atoms with Crippen LogP contribution in [0.2, 0.25) is 0 Å². The number of rotatable bonds is 5. The summed E-state index contributed by atoms with van der Waals surface area (Å²) in [6.07, 6.45) is 4.61. The molecule has 0 aliphatic carbocycles. The van der Waals surface area contributed by atoms with E-state index in [1.807, 2.05) is 17.8 Å². The van der Waals surface area contributed by atoms with E-state index in [2.05, 4.69) is 16.8 Å². The van der Waals surface area contributed by atoms with Gasteiger partial charge in [0.2, 0.25) is 0 Å². The molecule has 1 aromatic heterocycles. The van der Waals surface area contributed by atoms with E-state index < -0.39 is 5.82 Å². The fourth-order valence-electron chi connectivity index (χ4n) is 1.84. The first-order valence-corrected chi connectivity index (χ1v) is 6.68. The van der Waals surface area contributed by atoms with Crippen LogP contribution in [0.5, 0.6) is 5.75 Å². The highest BCUT2D eigenvalue weighted by Crippen LogP contribution is 2.16. The van der Waals surface area contributed by atoms with Crippen molar-refractivity contribution in [2.75, 3.05) is 13.2 Å². The maximum atomic E-state index is 13.5. The molecule has 0 fully saturated rings. The monoisotopic (exact) mass is 288 g/mol. The highest BCUT2D eigenvalue weighted by Gasteiger charge is 2.03. The molecule has 2 aromatic rings. The molecular formula is C16H17FN2O2. The summed E-state index contributed by atoms with van der Waals surface area (Å²) in [5, 5.41) is 8.67. The number of hydrogen-bond donors (Lipinski definition) is 1. The van der Waals surface area contributed by atoms with Gasteiger partial charge in [-0.3, -0.25) is 0 Å². The van der Waals surface area contributed by atoms with Gasteiger partial charge in [-0.25, -0.2) is 9.37 Å². The number of aromatic nitrogens is 2. The summed E-state index contributed by atoms with van der Waals surface area (Å²) in [4.78, 5) is 4.19. The van der Waals surface area contributed by atoms with Crippen molar-refractivity contribution in [3.63, 3.8) is 0 Å². The first kappa shape index (κ1) is 15.1. The molecule has 4 nitrogen and oxygen atoms in total. The molecule has 0 aliphatic rings. The predicted molar refractivity (Wildman–Crippen MR) is 77.4 cm³/mol. The smallest absolute Gasteiger partial charge is 0.128 e. The Hall–Kier alpha value is -2.32. The molecule has 0 bridgehead atoms. The summed E-state index contributed by atoms with van der Waals surface area (Å²) in [5.41, 5.74) is 0.537. The number of imidazole rings is 1. The Morgan fingerprint density at radius 2 is 2.24 bits per heavy atom. The normalized spacial score (nSPS) is 10.0. The van der Waals surface area contributed by atoms with Crippen LogP contribution in [-0.2, 0) is 13.5 Å². The van der Waals surface area contributed by atoms with E-state index in [0.717, 1.165) is 5.82 Å². The SMILES string of the molecule is Cn1ccnc1CCOc1cc(F)cc(C#CCCO)c1. The molecule has 0 atom stereocenters. The number of benzene rings is 1. The second kappa shape index (κ2) is 7.46. The minimum Gasteiger partial charge on any atom is -0.493 e. The largest absolute Gasteiger partial charge is 0.493 e. The van der Waals surface area contributed by atoms with E-state index in [0.29, 0.717) is 30.8 Å². The average molecular weight is 288 g/mol. The van der Waals surface area contributed by atoms with Crippen molar-refractivity contribution >= 4 is 0 Å². The van der Waals surface area contributed by atoms with E-state index in [1.165, 1.54) is 12.1 Å². The van der Waals surface area contributed by atoms with Gasteiger partial charge in [-0.1, -0.05) is 11.8 Å². The maximum absolute atomic E-state index is 13.5. The van der Waals surface area contributed by atoms with E-state index in [4.69, 9.17) is 9.84 Å². The number of halogens is 1. The van der Waals surface area contributed by atoms with Crippen LogP contribution >= 0.6 is 0 Å². The number of nitrogens with zero attached hydrogens (tertiary/aromatic N) is 2. The molecule has 0 spiro atoms. The van der Waals surface area contributed by atoms with E-state index in [-0.39, 0.29) is 6.61 Å². The fraction of sp³-hybridized carbons (Fsp3) is 0.312. The van der Waals surface area contributed by atoms with Gasteiger partial charge in [-0.05, 0) is 12.1 Å². The molecule has 0 amide bonds. The summed E-state index contributed by atoms with van der Waals surface area (Å²) in [7, 11) is 1.92. The molecule has 110 valence electrons. The van der Waals surface area contributed by atoms with Crippen molar-refractivity contribution in [1.29, 1.82) is 0 Å². The van der Waals surface area contributed by atoms with Crippen LogP contribution < -0.4 is 4.74 Å². The molecular weight excluding hydrogens is 271 g/mol. The van der Waals surface area contributed by atoms with Crippen molar-refractivity contribution in [2.45, 2.75) is 12.8 Å². The lowest BCUT2D eigenvalue weighted by Gasteiger charge is -2.07. The molecule has 0 saturated heterocycles. The first-order chi connectivity index (χ1) is 10.2. The second-order valence-corrected chi connectivity index (χ2v) is 4.50. The zero-order valence-electron chi connectivity index (χ0n) is 11.8. The standard InChI is InChI=1S/C16H17FN2O2/c1-19-7-6-18-16(19)5-9-21-15-11-13(4-2-3-8-20)10-14(17)12-15/h6-7,10-12,20H,3,5,8-9H2,1H3. The fourth-order valence-corrected chi connectivity index (χ4v) is 1.84. The van der Waals surface area contributed by atoms with Crippen LogP contribution in [0, 0.1) is 17.7 Å². The van der Waals surface area contributed by atoms with Crippen LogP contribution in [0.1, 0.15) is 17.8 Å². The third-order valence-corrected chi connectivity index (χ3v) is 2.86. The minimum atomic E-state index is -0.391. The van der Waals surface area contributed by atoms with Gasteiger partial charge in [0.05, 0.1) is 13.2 Å². The molecule has 0 radical (unpaired) electrons. The molecule has 0 aliphatic heterocycles. The zero-order valence-corrected chi connectivity index (χ0v) is 11.8. The summed E-state index contributed by atoms with van der Waals surface area (Å²) in [6, 6.07) is 4.36. The second-order valence-electron chi connectivity index (χ2n) is 4.50. The van der Waals surface area contributed by atoms with Gasteiger partial charge in [0, 0.05) is 43.9 Å². The Kier molecular flexibility index (Phi) is 5.35. The van der Waals surface area contributed by atoms with Crippen LogP contribution in [-0.4, -0.2) is 27.9 Å². The number of hydrogen-bond acceptors (Lipinski definition) is 3. The quantitative estimate of drug-likeness (QED) is 0.855. The summed E-state index contributed by atoms with van der Waals surface area (Å²) >= 11 is 0. The van der Waals surface area contributed by atoms with Gasteiger partial charge in [-0.15, -0.1) is 0 Å². The predicted octanol–water partition coefficient (Wildman–Crippen LogP) is 1.91. The van der Waals surface area contributed by atoms with Gasteiger partial charge in [0.15, 0.2) is 0 Å². The summed E-state index contributed by atoms with van der Waals surface area (Å²) in [5.74, 6) is 6.51. The number of aryl methyl sites for hydroxylation is 1. The molecule has 1 aromatic carbocycles. The first-order valence-electron chi connectivity index (χ1n) is 6.68. The number of aliphatic hydroxyl groups excluding tert-OH is 1. The van der Waals surface area contributed by atoms with Crippen molar-refractivity contribution in [2.24, 2.45) is 7.05 Å². The minimum absolute atomic E-state index is 0.00463. The van der Waals surface area contributed by atoms with Crippen LogP contribution in [0.25, 0.3) is 0 Å². The van der Waals surface area contributed by atoms with Gasteiger partial charge in [0.1, 0.15) is 17.4 Å². The topological polar surface area (TPSA) is 47.3 Å². The van der Waals surface area contributed by atoms with Crippen LogP contribution in [0.15, 0.2) is 30.6 Å². The van der Waals surface area contributed by atoms with Crippen LogP contribution in [0.3, 0.4) is 0 Å². The molecule has 1 N–H and O–H groups in total. The highest BCUT2D eigenvalue weighted by molar-refractivity contribution is 5.40. The average Bonchev–Trinajstić information content (AvgIpc) is 2.84. The Bertz CT molecular complexity index is 656.